The molecule has 2 atom stereocenters. The molecule has 3 nitrogen and oxygen atoms in total. The lowest BCUT2D eigenvalue weighted by molar-refractivity contribution is -0.0156. The molecule has 1 fully saturated rings. The van der Waals surface area contributed by atoms with Crippen molar-refractivity contribution < 1.29 is 9.15 Å². The number of ether oxygens (including phenoxy) is 1. The molecule has 2 N–H and O–H groups in total. The molecule has 0 radical (unpaired) electrons. The second kappa shape index (κ2) is 5.69. The summed E-state index contributed by atoms with van der Waals surface area (Å²) in [7, 11) is 0. The van der Waals surface area contributed by atoms with Crippen LogP contribution in [0.1, 0.15) is 44.4 Å². The average molecular weight is 237 g/mol. The lowest BCUT2D eigenvalue weighted by atomic mass is 9.82. The van der Waals surface area contributed by atoms with Crippen LogP contribution in [0.4, 0.5) is 0 Å². The standard InChI is InChI=1S/C14H23NO2/c1-10-3-11(2)5-13(4-10)17-9-14-6-12(7-15)8-16-14/h6,8,10-11,13H,3-5,7,9,15H2,1-2H3. The van der Waals surface area contributed by atoms with Gasteiger partial charge >= 0.3 is 0 Å². The Kier molecular flexibility index (Phi) is 4.24. The van der Waals surface area contributed by atoms with Gasteiger partial charge in [0, 0.05) is 12.1 Å². The maximum absolute atomic E-state index is 5.93. The smallest absolute Gasteiger partial charge is 0.129 e. The van der Waals surface area contributed by atoms with E-state index in [-0.39, 0.29) is 0 Å². The average Bonchev–Trinajstić information content (AvgIpc) is 2.73. The predicted molar refractivity (Wildman–Crippen MR) is 67.4 cm³/mol. The topological polar surface area (TPSA) is 48.4 Å². The van der Waals surface area contributed by atoms with Crippen molar-refractivity contribution in [1.82, 2.24) is 0 Å². The highest BCUT2D eigenvalue weighted by atomic mass is 16.5. The zero-order valence-corrected chi connectivity index (χ0v) is 10.8. The van der Waals surface area contributed by atoms with Gasteiger partial charge in [-0.1, -0.05) is 13.8 Å². The van der Waals surface area contributed by atoms with Crippen LogP contribution in [-0.4, -0.2) is 6.10 Å². The molecule has 1 aromatic rings. The van der Waals surface area contributed by atoms with Crippen molar-refractivity contribution in [1.29, 1.82) is 0 Å². The van der Waals surface area contributed by atoms with E-state index >= 15 is 0 Å². The molecule has 1 heterocycles. The summed E-state index contributed by atoms with van der Waals surface area (Å²) in [4.78, 5) is 0. The molecule has 1 saturated carbocycles. The first-order valence-corrected chi connectivity index (χ1v) is 6.55. The summed E-state index contributed by atoms with van der Waals surface area (Å²) >= 11 is 0. The molecular formula is C14H23NO2. The Bertz CT molecular complexity index is 338. The van der Waals surface area contributed by atoms with Gasteiger partial charge in [0.1, 0.15) is 12.4 Å². The molecule has 0 aromatic carbocycles. The zero-order valence-electron chi connectivity index (χ0n) is 10.8. The molecule has 17 heavy (non-hydrogen) atoms. The second-order valence-corrected chi connectivity index (χ2v) is 5.48. The van der Waals surface area contributed by atoms with Crippen LogP contribution in [0.2, 0.25) is 0 Å². The normalized spacial score (nSPS) is 29.5. The third-order valence-electron chi connectivity index (χ3n) is 3.54. The van der Waals surface area contributed by atoms with Crippen molar-refractivity contribution >= 4 is 0 Å². The first-order chi connectivity index (χ1) is 8.17. The van der Waals surface area contributed by atoms with Gasteiger partial charge in [0.05, 0.1) is 12.4 Å². The Morgan fingerprint density at radius 3 is 2.59 bits per heavy atom. The van der Waals surface area contributed by atoms with Gasteiger partial charge in [0.15, 0.2) is 0 Å². The number of hydrogen-bond donors (Lipinski definition) is 1. The van der Waals surface area contributed by atoms with E-state index in [1.807, 2.05) is 6.07 Å². The van der Waals surface area contributed by atoms with Gasteiger partial charge in [-0.05, 0) is 37.2 Å². The molecule has 1 aromatic heterocycles. The van der Waals surface area contributed by atoms with Crippen LogP contribution in [0, 0.1) is 11.8 Å². The first-order valence-electron chi connectivity index (χ1n) is 6.55. The summed E-state index contributed by atoms with van der Waals surface area (Å²) in [6, 6.07) is 1.98. The molecule has 2 unspecified atom stereocenters. The molecule has 1 aliphatic carbocycles. The van der Waals surface area contributed by atoms with Crippen molar-refractivity contribution in [2.24, 2.45) is 17.6 Å². The Morgan fingerprint density at radius 2 is 2.00 bits per heavy atom. The molecular weight excluding hydrogens is 214 g/mol. The van der Waals surface area contributed by atoms with Crippen molar-refractivity contribution in [3.8, 4) is 0 Å². The Morgan fingerprint density at radius 1 is 1.29 bits per heavy atom. The SMILES string of the molecule is CC1CC(C)CC(OCc2cc(CN)co2)C1. The minimum Gasteiger partial charge on any atom is -0.467 e. The van der Waals surface area contributed by atoms with Crippen molar-refractivity contribution in [2.75, 3.05) is 0 Å². The predicted octanol–water partition coefficient (Wildman–Crippen LogP) is 3.08. The quantitative estimate of drug-likeness (QED) is 0.875. The van der Waals surface area contributed by atoms with Gasteiger partial charge in [-0.25, -0.2) is 0 Å². The van der Waals surface area contributed by atoms with E-state index in [1.165, 1.54) is 19.3 Å². The number of rotatable bonds is 4. The fourth-order valence-corrected chi connectivity index (χ4v) is 2.82. The van der Waals surface area contributed by atoms with Gasteiger partial charge in [-0.3, -0.25) is 0 Å². The van der Waals surface area contributed by atoms with Gasteiger partial charge in [0.2, 0.25) is 0 Å². The van der Waals surface area contributed by atoms with Crippen molar-refractivity contribution in [2.45, 2.75) is 52.4 Å². The summed E-state index contributed by atoms with van der Waals surface area (Å²) in [5.74, 6) is 2.44. The van der Waals surface area contributed by atoms with E-state index in [9.17, 15) is 0 Å². The minimum atomic E-state index is 0.389. The van der Waals surface area contributed by atoms with E-state index in [4.69, 9.17) is 14.9 Å². The number of nitrogens with two attached hydrogens (primary N) is 1. The Balaban J connectivity index is 1.81. The highest BCUT2D eigenvalue weighted by molar-refractivity contribution is 5.11. The Hall–Kier alpha value is -0.800. The third kappa shape index (κ3) is 3.58. The van der Waals surface area contributed by atoms with Gasteiger partial charge in [0.25, 0.3) is 0 Å². The Labute approximate surface area is 103 Å². The molecule has 3 heteroatoms. The van der Waals surface area contributed by atoms with Crippen LogP contribution in [-0.2, 0) is 17.9 Å². The monoisotopic (exact) mass is 237 g/mol. The van der Waals surface area contributed by atoms with Crippen molar-refractivity contribution in [3.05, 3.63) is 23.7 Å². The van der Waals surface area contributed by atoms with Crippen LogP contribution in [0.5, 0.6) is 0 Å². The lowest BCUT2D eigenvalue weighted by Gasteiger charge is -2.31. The van der Waals surface area contributed by atoms with E-state index in [1.54, 1.807) is 6.26 Å². The first kappa shape index (κ1) is 12.7. The van der Waals surface area contributed by atoms with Gasteiger partial charge in [-0.2, -0.15) is 0 Å². The van der Waals surface area contributed by atoms with Crippen molar-refractivity contribution in [3.63, 3.8) is 0 Å². The van der Waals surface area contributed by atoms with Crippen LogP contribution in [0.15, 0.2) is 16.7 Å². The van der Waals surface area contributed by atoms with Gasteiger partial charge in [-0.15, -0.1) is 0 Å². The highest BCUT2D eigenvalue weighted by Crippen LogP contribution is 2.30. The molecule has 0 bridgehead atoms. The van der Waals surface area contributed by atoms with Crippen LogP contribution in [0.25, 0.3) is 0 Å². The van der Waals surface area contributed by atoms with E-state index in [0.29, 0.717) is 19.3 Å². The maximum Gasteiger partial charge on any atom is 0.129 e. The molecule has 0 spiro atoms. The summed E-state index contributed by atoms with van der Waals surface area (Å²) in [6.45, 7) is 5.72. The van der Waals surface area contributed by atoms with Crippen LogP contribution >= 0.6 is 0 Å². The fraction of sp³-hybridized carbons (Fsp3) is 0.714. The second-order valence-electron chi connectivity index (χ2n) is 5.48. The number of hydrogen-bond acceptors (Lipinski definition) is 3. The molecule has 0 aliphatic heterocycles. The van der Waals surface area contributed by atoms with E-state index in [0.717, 1.165) is 23.2 Å². The summed E-state index contributed by atoms with van der Waals surface area (Å²) < 4.78 is 11.3. The number of furan rings is 1. The van der Waals surface area contributed by atoms with Crippen LogP contribution < -0.4 is 5.73 Å². The largest absolute Gasteiger partial charge is 0.467 e. The third-order valence-corrected chi connectivity index (χ3v) is 3.54. The van der Waals surface area contributed by atoms with Crippen LogP contribution in [0.3, 0.4) is 0 Å². The van der Waals surface area contributed by atoms with Gasteiger partial charge < -0.3 is 14.9 Å². The maximum atomic E-state index is 5.93. The van der Waals surface area contributed by atoms with E-state index < -0.39 is 0 Å². The summed E-state index contributed by atoms with van der Waals surface area (Å²) in [5.41, 5.74) is 6.57. The van der Waals surface area contributed by atoms with E-state index in [2.05, 4.69) is 13.8 Å². The minimum absolute atomic E-state index is 0.389. The molecule has 1 aliphatic rings. The highest BCUT2D eigenvalue weighted by Gasteiger charge is 2.24. The molecule has 0 amide bonds. The summed E-state index contributed by atoms with van der Waals surface area (Å²) in [5, 5.41) is 0. The zero-order chi connectivity index (χ0) is 12.3. The summed E-state index contributed by atoms with van der Waals surface area (Å²) in [6.07, 6.45) is 5.78. The fourth-order valence-electron chi connectivity index (χ4n) is 2.82. The molecule has 2 rings (SSSR count). The molecule has 0 saturated heterocycles. The lowest BCUT2D eigenvalue weighted by Crippen LogP contribution is -2.26. The molecule has 96 valence electrons.